The molecule has 0 aliphatic rings. The third kappa shape index (κ3) is 6.10. The van der Waals surface area contributed by atoms with Crippen molar-refractivity contribution < 1.29 is 9.53 Å². The Morgan fingerprint density at radius 2 is 2.08 bits per heavy atom. The van der Waals surface area contributed by atoms with Crippen LogP contribution in [0.4, 0.5) is 0 Å². The van der Waals surface area contributed by atoms with Gasteiger partial charge < -0.3 is 4.74 Å². The molecule has 0 fully saturated rings. The van der Waals surface area contributed by atoms with Gasteiger partial charge in [-0.3, -0.25) is 4.79 Å². The van der Waals surface area contributed by atoms with Crippen LogP contribution >= 0.6 is 0 Å². The molecule has 0 aromatic heterocycles. The second kappa shape index (κ2) is 5.95. The van der Waals surface area contributed by atoms with E-state index < -0.39 is 0 Å². The number of ether oxygens (including phenoxy) is 1. The first kappa shape index (κ1) is 11.4. The number of allylic oxidation sites excluding steroid dienone is 1. The number of methoxy groups -OCH3 is 1. The van der Waals surface area contributed by atoms with Crippen molar-refractivity contribution >= 4 is 5.78 Å². The van der Waals surface area contributed by atoms with Crippen LogP contribution in [0, 0.1) is 0 Å². The molecule has 12 heavy (non-hydrogen) atoms. The Morgan fingerprint density at radius 3 is 2.50 bits per heavy atom. The van der Waals surface area contributed by atoms with Crippen molar-refractivity contribution in [1.29, 1.82) is 0 Å². The van der Waals surface area contributed by atoms with Gasteiger partial charge in [-0.2, -0.15) is 0 Å². The average molecular weight is 170 g/mol. The fourth-order valence-corrected chi connectivity index (χ4v) is 0.859. The predicted molar refractivity (Wildman–Crippen MR) is 50.1 cm³/mol. The largest absolute Gasteiger partial charge is 0.381 e. The highest BCUT2D eigenvalue weighted by molar-refractivity contribution is 5.79. The topological polar surface area (TPSA) is 26.3 Å². The van der Waals surface area contributed by atoms with Crippen LogP contribution in [-0.4, -0.2) is 19.0 Å². The summed E-state index contributed by atoms with van der Waals surface area (Å²) in [5, 5.41) is 0. The van der Waals surface area contributed by atoms with Crippen LogP contribution < -0.4 is 0 Å². The molecular weight excluding hydrogens is 152 g/mol. The number of Topliss-reactive ketones (excluding diaryl/α,β-unsaturated/α-hetero) is 1. The second-order valence-corrected chi connectivity index (χ2v) is 3.25. The summed E-state index contributed by atoms with van der Waals surface area (Å²) < 4.78 is 4.98. The van der Waals surface area contributed by atoms with Gasteiger partial charge in [0, 0.05) is 20.0 Å². The SMILES string of the molecule is C=C(C)CCC(=O)CC(C)OC. The van der Waals surface area contributed by atoms with Gasteiger partial charge in [0.15, 0.2) is 0 Å². The summed E-state index contributed by atoms with van der Waals surface area (Å²) in [7, 11) is 1.62. The van der Waals surface area contributed by atoms with E-state index in [1.165, 1.54) is 0 Å². The first-order valence-corrected chi connectivity index (χ1v) is 4.25. The maximum absolute atomic E-state index is 11.2. The molecule has 0 N–H and O–H groups in total. The Hall–Kier alpha value is -0.630. The lowest BCUT2D eigenvalue weighted by Gasteiger charge is -2.07. The number of ketones is 1. The third-order valence-corrected chi connectivity index (χ3v) is 1.75. The van der Waals surface area contributed by atoms with Crippen molar-refractivity contribution in [2.45, 2.75) is 39.2 Å². The molecule has 0 aromatic carbocycles. The fourth-order valence-electron chi connectivity index (χ4n) is 0.859. The first-order valence-electron chi connectivity index (χ1n) is 4.25. The molecule has 0 aliphatic heterocycles. The van der Waals surface area contributed by atoms with E-state index in [0.717, 1.165) is 12.0 Å². The van der Waals surface area contributed by atoms with Crippen molar-refractivity contribution in [1.82, 2.24) is 0 Å². The lowest BCUT2D eigenvalue weighted by atomic mass is 10.1. The minimum Gasteiger partial charge on any atom is -0.381 e. The molecule has 0 spiro atoms. The molecule has 2 nitrogen and oxygen atoms in total. The number of hydrogen-bond donors (Lipinski definition) is 0. The van der Waals surface area contributed by atoms with Crippen LogP contribution in [0.5, 0.6) is 0 Å². The van der Waals surface area contributed by atoms with Gasteiger partial charge >= 0.3 is 0 Å². The molecule has 1 atom stereocenters. The smallest absolute Gasteiger partial charge is 0.135 e. The molecule has 0 rings (SSSR count). The van der Waals surface area contributed by atoms with Gasteiger partial charge in [-0.05, 0) is 20.3 Å². The normalized spacial score (nSPS) is 12.6. The van der Waals surface area contributed by atoms with Crippen LogP contribution in [0.25, 0.3) is 0 Å². The zero-order valence-electron chi connectivity index (χ0n) is 8.22. The predicted octanol–water partition coefficient (Wildman–Crippen LogP) is 2.34. The maximum Gasteiger partial charge on any atom is 0.135 e. The molecular formula is C10H18O2. The van der Waals surface area contributed by atoms with Crippen molar-refractivity contribution in [2.75, 3.05) is 7.11 Å². The van der Waals surface area contributed by atoms with E-state index in [2.05, 4.69) is 6.58 Å². The van der Waals surface area contributed by atoms with Gasteiger partial charge in [-0.25, -0.2) is 0 Å². The lowest BCUT2D eigenvalue weighted by molar-refractivity contribution is -0.121. The Balaban J connectivity index is 3.53. The van der Waals surface area contributed by atoms with Gasteiger partial charge in [0.25, 0.3) is 0 Å². The number of hydrogen-bond acceptors (Lipinski definition) is 2. The Bertz CT molecular complexity index is 161. The van der Waals surface area contributed by atoms with Crippen LogP contribution in [-0.2, 0) is 9.53 Å². The maximum atomic E-state index is 11.2. The number of carbonyl (C=O) groups is 1. The molecule has 70 valence electrons. The summed E-state index contributed by atoms with van der Waals surface area (Å²) in [5.74, 6) is 0.257. The van der Waals surface area contributed by atoms with E-state index in [0.29, 0.717) is 12.8 Å². The molecule has 0 heterocycles. The summed E-state index contributed by atoms with van der Waals surface area (Å²) in [4.78, 5) is 11.2. The van der Waals surface area contributed by atoms with Crippen LogP contribution in [0.3, 0.4) is 0 Å². The van der Waals surface area contributed by atoms with Gasteiger partial charge in [0.05, 0.1) is 6.10 Å². The van der Waals surface area contributed by atoms with E-state index in [9.17, 15) is 4.79 Å². The minimum absolute atomic E-state index is 0.0441. The molecule has 0 radical (unpaired) electrons. The first-order chi connectivity index (χ1) is 5.56. The van der Waals surface area contributed by atoms with E-state index in [1.807, 2.05) is 13.8 Å². The van der Waals surface area contributed by atoms with E-state index >= 15 is 0 Å². The molecule has 0 saturated heterocycles. The number of rotatable bonds is 6. The highest BCUT2D eigenvalue weighted by Crippen LogP contribution is 2.05. The van der Waals surface area contributed by atoms with Crippen LogP contribution in [0.2, 0.25) is 0 Å². The lowest BCUT2D eigenvalue weighted by Crippen LogP contribution is -2.11. The fraction of sp³-hybridized carbons (Fsp3) is 0.700. The van der Waals surface area contributed by atoms with E-state index in [4.69, 9.17) is 4.74 Å². The number of carbonyl (C=O) groups excluding carboxylic acids is 1. The Kier molecular flexibility index (Phi) is 5.64. The summed E-state index contributed by atoms with van der Waals surface area (Å²) in [6.07, 6.45) is 1.96. The van der Waals surface area contributed by atoms with Gasteiger partial charge in [0.1, 0.15) is 5.78 Å². The second-order valence-electron chi connectivity index (χ2n) is 3.25. The van der Waals surface area contributed by atoms with Crippen molar-refractivity contribution in [3.8, 4) is 0 Å². The monoisotopic (exact) mass is 170 g/mol. The van der Waals surface area contributed by atoms with Crippen LogP contribution in [0.1, 0.15) is 33.1 Å². The highest BCUT2D eigenvalue weighted by atomic mass is 16.5. The Labute approximate surface area is 74.6 Å². The summed E-state index contributed by atoms with van der Waals surface area (Å²) >= 11 is 0. The molecule has 1 unspecified atom stereocenters. The minimum atomic E-state index is 0.0441. The third-order valence-electron chi connectivity index (χ3n) is 1.75. The van der Waals surface area contributed by atoms with Crippen molar-refractivity contribution in [2.24, 2.45) is 0 Å². The molecule has 0 amide bonds. The molecule has 0 saturated carbocycles. The van der Waals surface area contributed by atoms with Gasteiger partial charge in [-0.1, -0.05) is 5.57 Å². The summed E-state index contributed by atoms with van der Waals surface area (Å²) in [6, 6.07) is 0. The van der Waals surface area contributed by atoms with Gasteiger partial charge in [0.2, 0.25) is 0 Å². The van der Waals surface area contributed by atoms with E-state index in [-0.39, 0.29) is 11.9 Å². The van der Waals surface area contributed by atoms with Crippen LogP contribution in [0.15, 0.2) is 12.2 Å². The molecule has 0 aromatic rings. The van der Waals surface area contributed by atoms with Crippen molar-refractivity contribution in [3.63, 3.8) is 0 Å². The van der Waals surface area contributed by atoms with Crippen molar-refractivity contribution in [3.05, 3.63) is 12.2 Å². The molecule has 0 aliphatic carbocycles. The average Bonchev–Trinajstić information content (AvgIpc) is 2.00. The zero-order chi connectivity index (χ0) is 9.56. The zero-order valence-corrected chi connectivity index (χ0v) is 8.22. The Morgan fingerprint density at radius 1 is 1.50 bits per heavy atom. The highest BCUT2D eigenvalue weighted by Gasteiger charge is 2.07. The summed E-state index contributed by atoms with van der Waals surface area (Å²) in [5.41, 5.74) is 1.06. The quantitative estimate of drug-likeness (QED) is 0.572. The van der Waals surface area contributed by atoms with E-state index in [1.54, 1.807) is 7.11 Å². The summed E-state index contributed by atoms with van der Waals surface area (Å²) in [6.45, 7) is 7.58. The van der Waals surface area contributed by atoms with Gasteiger partial charge in [-0.15, -0.1) is 6.58 Å². The standard InChI is InChI=1S/C10H18O2/c1-8(2)5-6-10(11)7-9(3)12-4/h9H,1,5-7H2,2-4H3. The molecule has 2 heteroatoms. The molecule has 0 bridgehead atoms.